The zero-order valence-electron chi connectivity index (χ0n) is 44.9. The van der Waals surface area contributed by atoms with Crippen LogP contribution in [0.1, 0.15) is 123 Å². The molecule has 2 fully saturated rings. The van der Waals surface area contributed by atoms with E-state index in [9.17, 15) is 28.8 Å². The number of carbonyl (C=O) groups excluding carboxylic acids is 6. The Labute approximate surface area is 449 Å². The van der Waals surface area contributed by atoms with Crippen LogP contribution in [0.5, 0.6) is 11.5 Å². The first kappa shape index (κ1) is 55.6. The van der Waals surface area contributed by atoms with Crippen molar-refractivity contribution in [3.63, 3.8) is 0 Å². The molecule has 404 valence electrons. The maximum absolute atomic E-state index is 14.3. The average molecular weight is 1040 g/mol. The number of nitrogens with zero attached hydrogens (tertiary/aromatic N) is 2. The van der Waals surface area contributed by atoms with E-state index in [1.54, 1.807) is 37.7 Å². The SMILES string of the molecule is CN[C@@H](C)C(=O)N[C@@H](Cc1ccc(OC/C=C\COc2ccc(C[C@H](NC(=O)[C@H](C)NC)C(=O)N3CCC[C@H]3C(=O)C[C@@H]3CCCc4ccccc43)cc2)cc1)C(=O)N1CCCC1C(=O)C[C@@H]1CCCc2ccccc21. The van der Waals surface area contributed by atoms with E-state index >= 15 is 0 Å². The topological polar surface area (TPSA) is 175 Å². The van der Waals surface area contributed by atoms with Gasteiger partial charge in [0.2, 0.25) is 23.6 Å². The first-order chi connectivity index (χ1) is 36.9. The highest BCUT2D eigenvalue weighted by Gasteiger charge is 2.41. The van der Waals surface area contributed by atoms with Crippen LogP contribution in [0.4, 0.5) is 0 Å². The van der Waals surface area contributed by atoms with Crippen LogP contribution in [-0.4, -0.2) is 122 Å². The van der Waals surface area contributed by atoms with Crippen molar-refractivity contribution in [1.29, 1.82) is 0 Å². The fourth-order valence-electron chi connectivity index (χ4n) is 11.6. The standard InChI is InChI=1S/C62H78N6O8/c1-41(63-3)59(71)65-53(61(73)67-33-13-23-55(67)57(69)39-47-19-11-17-45-15-5-7-21-51(45)47)37-43-25-29-49(30-26-43)75-35-9-10-36-76-50-31-27-44(28-32-50)38-54(66-60(72)42(2)64-4)62(74)68-34-14-24-56(68)58(70)40-48-20-12-18-46-16-6-8-22-52(46)48/h5-10,15-16,21-22,25-32,41-42,47-48,53-56,63-64H,11-14,17-20,23-24,33-40H2,1-4H3,(H,65,71)(H,66,72)/b10-9-/t41-,42-,47-,48-,53-,54-,55-,56?/m0/s1. The molecule has 0 bridgehead atoms. The van der Waals surface area contributed by atoms with Crippen LogP contribution in [-0.2, 0) is 54.5 Å². The van der Waals surface area contributed by atoms with Gasteiger partial charge in [0, 0.05) is 38.8 Å². The van der Waals surface area contributed by atoms with Crippen molar-refractivity contribution in [2.45, 2.75) is 152 Å². The first-order valence-corrected chi connectivity index (χ1v) is 27.8. The van der Waals surface area contributed by atoms with E-state index in [0.717, 1.165) is 62.5 Å². The number of benzene rings is 4. The summed E-state index contributed by atoms with van der Waals surface area (Å²) >= 11 is 0. The van der Waals surface area contributed by atoms with Crippen LogP contribution in [0.2, 0.25) is 0 Å². The van der Waals surface area contributed by atoms with Crippen molar-refractivity contribution in [2.75, 3.05) is 40.4 Å². The second-order valence-electron chi connectivity index (χ2n) is 21.2. The molecule has 4 aromatic rings. The third kappa shape index (κ3) is 14.2. The number of amides is 4. The van der Waals surface area contributed by atoms with Gasteiger partial charge in [-0.1, -0.05) is 72.8 Å². The fourth-order valence-corrected chi connectivity index (χ4v) is 11.6. The van der Waals surface area contributed by atoms with Crippen molar-refractivity contribution >= 4 is 35.2 Å². The summed E-state index contributed by atoms with van der Waals surface area (Å²) in [7, 11) is 3.40. The van der Waals surface area contributed by atoms with Gasteiger partial charge in [0.15, 0.2) is 11.6 Å². The van der Waals surface area contributed by atoms with E-state index in [1.165, 1.54) is 22.3 Å². The minimum Gasteiger partial charge on any atom is -0.490 e. The maximum atomic E-state index is 14.3. The molecule has 0 radical (unpaired) electrons. The lowest BCUT2D eigenvalue weighted by molar-refractivity contribution is -0.141. The van der Waals surface area contributed by atoms with Crippen molar-refractivity contribution in [1.82, 2.24) is 31.1 Å². The molecule has 2 saturated heterocycles. The highest BCUT2D eigenvalue weighted by molar-refractivity contribution is 5.95. The van der Waals surface area contributed by atoms with Gasteiger partial charge in [0.05, 0.1) is 24.2 Å². The van der Waals surface area contributed by atoms with Gasteiger partial charge < -0.3 is 40.5 Å². The van der Waals surface area contributed by atoms with Crippen LogP contribution in [0, 0.1) is 0 Å². The van der Waals surface area contributed by atoms with E-state index in [1.807, 2.05) is 72.8 Å². The van der Waals surface area contributed by atoms with E-state index < -0.39 is 36.3 Å². The molecule has 8 rings (SSSR count). The largest absolute Gasteiger partial charge is 0.490 e. The molecule has 76 heavy (non-hydrogen) atoms. The Balaban J connectivity index is 0.813. The van der Waals surface area contributed by atoms with Gasteiger partial charge in [-0.25, -0.2) is 0 Å². The zero-order chi connectivity index (χ0) is 53.6. The Morgan fingerprint density at radius 2 is 0.934 bits per heavy atom. The predicted octanol–water partition coefficient (Wildman–Crippen LogP) is 7.11. The highest BCUT2D eigenvalue weighted by Crippen LogP contribution is 2.37. The van der Waals surface area contributed by atoms with Crippen molar-refractivity contribution in [2.24, 2.45) is 0 Å². The third-order valence-corrected chi connectivity index (χ3v) is 16.2. The summed E-state index contributed by atoms with van der Waals surface area (Å²) in [5.74, 6) is 0.733. The lowest BCUT2D eigenvalue weighted by atomic mass is 9.79. The number of Topliss-reactive ketones (excluding diaryl/α,β-unsaturated/α-hetero) is 2. The number of nitrogens with one attached hydrogen (secondary N) is 4. The number of aryl methyl sites for hydroxylation is 2. The third-order valence-electron chi connectivity index (χ3n) is 16.2. The number of likely N-dealkylation sites (tertiary alicyclic amines) is 2. The van der Waals surface area contributed by atoms with E-state index in [0.29, 0.717) is 63.5 Å². The van der Waals surface area contributed by atoms with Gasteiger partial charge in [0.25, 0.3) is 0 Å². The predicted molar refractivity (Wildman–Crippen MR) is 294 cm³/mol. The summed E-state index contributed by atoms with van der Waals surface area (Å²) in [4.78, 5) is 86.2. The second-order valence-corrected chi connectivity index (χ2v) is 21.2. The summed E-state index contributed by atoms with van der Waals surface area (Å²) in [6, 6.07) is 28.0. The van der Waals surface area contributed by atoms with Crippen LogP contribution >= 0.6 is 0 Å². The number of ketones is 2. The Morgan fingerprint density at radius 1 is 0.539 bits per heavy atom. The molecule has 14 heteroatoms. The molecule has 0 aromatic heterocycles. The Kier molecular flexibility index (Phi) is 19.7. The maximum Gasteiger partial charge on any atom is 0.246 e. The minimum atomic E-state index is -0.847. The number of ether oxygens (including phenoxy) is 2. The van der Waals surface area contributed by atoms with Crippen molar-refractivity contribution in [3.8, 4) is 11.5 Å². The zero-order valence-corrected chi connectivity index (χ0v) is 44.9. The van der Waals surface area contributed by atoms with Gasteiger partial charge >= 0.3 is 0 Å². The molecule has 4 aromatic carbocycles. The van der Waals surface area contributed by atoms with Crippen LogP contribution in [0.25, 0.3) is 0 Å². The van der Waals surface area contributed by atoms with Crippen LogP contribution < -0.4 is 30.7 Å². The molecule has 4 amide bonds. The van der Waals surface area contributed by atoms with E-state index in [-0.39, 0.29) is 59.9 Å². The molecule has 0 spiro atoms. The smallest absolute Gasteiger partial charge is 0.246 e. The normalized spacial score (nSPS) is 20.7. The average Bonchev–Trinajstić information content (AvgIpc) is 4.16. The molecule has 14 nitrogen and oxygen atoms in total. The van der Waals surface area contributed by atoms with Crippen molar-refractivity contribution in [3.05, 3.63) is 143 Å². The molecule has 4 N–H and O–H groups in total. The summed E-state index contributed by atoms with van der Waals surface area (Å²) in [5, 5.41) is 11.9. The first-order valence-electron chi connectivity index (χ1n) is 27.8. The molecule has 4 aliphatic rings. The molecule has 2 heterocycles. The lowest BCUT2D eigenvalue weighted by Crippen LogP contribution is -2.55. The Hall–Kier alpha value is -6.64. The van der Waals surface area contributed by atoms with E-state index in [4.69, 9.17) is 9.47 Å². The second kappa shape index (κ2) is 26.9. The fraction of sp³-hybridized carbons (Fsp3) is 0.484. The number of rotatable bonds is 24. The molecule has 2 aliphatic carbocycles. The summed E-state index contributed by atoms with van der Waals surface area (Å²) < 4.78 is 12.0. The number of likely N-dealkylation sites (N-methyl/N-ethyl adjacent to an activating group) is 2. The number of carbonyl (C=O) groups is 6. The van der Waals surface area contributed by atoms with Gasteiger partial charge in [-0.3, -0.25) is 28.8 Å². The van der Waals surface area contributed by atoms with Crippen molar-refractivity contribution < 1.29 is 38.2 Å². The molecular formula is C62H78N6O8. The molecule has 2 aliphatic heterocycles. The monoisotopic (exact) mass is 1030 g/mol. The summed E-state index contributed by atoms with van der Waals surface area (Å²) in [6.07, 6.45) is 13.9. The quantitative estimate of drug-likeness (QED) is 0.0530. The molecule has 8 atom stereocenters. The highest BCUT2D eigenvalue weighted by atomic mass is 16.5. The Morgan fingerprint density at radius 3 is 1.33 bits per heavy atom. The van der Waals surface area contributed by atoms with Crippen LogP contribution in [0.15, 0.2) is 109 Å². The molecule has 1 unspecified atom stereocenters. The van der Waals surface area contributed by atoms with Gasteiger partial charge in [0.1, 0.15) is 36.8 Å². The number of hydrogen-bond donors (Lipinski definition) is 4. The van der Waals surface area contributed by atoms with Crippen LogP contribution in [0.3, 0.4) is 0 Å². The minimum absolute atomic E-state index is 0.0930. The number of fused-ring (bicyclic) bond motifs is 2. The lowest BCUT2D eigenvalue weighted by Gasteiger charge is -2.31. The van der Waals surface area contributed by atoms with E-state index in [2.05, 4.69) is 57.7 Å². The summed E-state index contributed by atoms with van der Waals surface area (Å²) in [5.41, 5.74) is 6.82. The Bertz CT molecular complexity index is 2490. The molecular weight excluding hydrogens is 957 g/mol. The van der Waals surface area contributed by atoms with Gasteiger partial charge in [-0.2, -0.15) is 0 Å². The van der Waals surface area contributed by atoms with Gasteiger partial charge in [-0.05, 0) is 174 Å². The summed E-state index contributed by atoms with van der Waals surface area (Å²) in [6.45, 7) is 5.04. The van der Waals surface area contributed by atoms with Gasteiger partial charge in [-0.15, -0.1) is 0 Å². The molecule has 0 saturated carbocycles. The number of hydrogen-bond acceptors (Lipinski definition) is 10.